The fourth-order valence-corrected chi connectivity index (χ4v) is 5.76. The zero-order valence-corrected chi connectivity index (χ0v) is 13.4. The van der Waals surface area contributed by atoms with Crippen LogP contribution in [-0.4, -0.2) is 12.0 Å². The first kappa shape index (κ1) is 13.3. The number of fused-ring (bicyclic) bond motifs is 1. The van der Waals surface area contributed by atoms with E-state index in [2.05, 4.69) is 12.4 Å². The van der Waals surface area contributed by atoms with Crippen molar-refractivity contribution in [3.05, 3.63) is 15.6 Å². The van der Waals surface area contributed by atoms with Gasteiger partial charge < -0.3 is 5.32 Å². The Morgan fingerprint density at radius 1 is 1.10 bits per heavy atom. The molecule has 3 aliphatic carbocycles. The van der Waals surface area contributed by atoms with E-state index in [-0.39, 0.29) is 5.54 Å². The second kappa shape index (κ2) is 5.10. The molecule has 2 nitrogen and oxygen atoms in total. The standard InChI is InChI=1S/C17H26N2S/c1-18-17(10-4-5-13(11-17)12-8-9-12)16-19-14-6-2-3-7-15(14)20-16/h12-13,18H,2-11H2,1H3. The van der Waals surface area contributed by atoms with Crippen molar-refractivity contribution in [2.45, 2.75) is 69.7 Å². The molecule has 3 heteroatoms. The number of rotatable bonds is 3. The minimum absolute atomic E-state index is 0.202. The lowest BCUT2D eigenvalue weighted by Crippen LogP contribution is -2.44. The molecule has 4 rings (SSSR count). The van der Waals surface area contributed by atoms with Gasteiger partial charge in [0.25, 0.3) is 0 Å². The predicted octanol–water partition coefficient (Wildman–Crippen LogP) is 4.04. The second-order valence-corrected chi connectivity index (χ2v) is 8.21. The van der Waals surface area contributed by atoms with Crippen LogP contribution in [0.25, 0.3) is 0 Å². The van der Waals surface area contributed by atoms with Crippen molar-refractivity contribution in [2.24, 2.45) is 11.8 Å². The minimum atomic E-state index is 0.202. The van der Waals surface area contributed by atoms with Gasteiger partial charge in [-0.25, -0.2) is 4.98 Å². The van der Waals surface area contributed by atoms with E-state index >= 15 is 0 Å². The van der Waals surface area contributed by atoms with Gasteiger partial charge >= 0.3 is 0 Å². The molecule has 0 bridgehead atoms. The lowest BCUT2D eigenvalue weighted by atomic mass is 9.74. The summed E-state index contributed by atoms with van der Waals surface area (Å²) in [6.45, 7) is 0. The Morgan fingerprint density at radius 3 is 2.70 bits per heavy atom. The number of aromatic nitrogens is 1. The molecule has 20 heavy (non-hydrogen) atoms. The third-order valence-corrected chi connectivity index (χ3v) is 7.17. The fraction of sp³-hybridized carbons (Fsp3) is 0.824. The van der Waals surface area contributed by atoms with Gasteiger partial charge in [-0.1, -0.05) is 12.8 Å². The molecule has 1 N–H and O–H groups in total. The molecular weight excluding hydrogens is 264 g/mol. The van der Waals surface area contributed by atoms with Gasteiger partial charge in [0.15, 0.2) is 0 Å². The quantitative estimate of drug-likeness (QED) is 0.909. The van der Waals surface area contributed by atoms with Crippen LogP contribution in [0.3, 0.4) is 0 Å². The number of nitrogens with one attached hydrogen (secondary N) is 1. The summed E-state index contributed by atoms with van der Waals surface area (Å²) in [6.07, 6.45) is 13.6. The Bertz CT molecular complexity index is 468. The molecule has 0 amide bonds. The van der Waals surface area contributed by atoms with Crippen LogP contribution < -0.4 is 5.32 Å². The summed E-state index contributed by atoms with van der Waals surface area (Å²) in [5.41, 5.74) is 1.63. The van der Waals surface area contributed by atoms with Gasteiger partial charge in [0.2, 0.25) is 0 Å². The van der Waals surface area contributed by atoms with Crippen LogP contribution in [0.1, 0.15) is 66.9 Å². The monoisotopic (exact) mass is 290 g/mol. The van der Waals surface area contributed by atoms with E-state index in [0.717, 1.165) is 11.8 Å². The lowest BCUT2D eigenvalue weighted by Gasteiger charge is -2.39. The highest BCUT2D eigenvalue weighted by molar-refractivity contribution is 7.11. The van der Waals surface area contributed by atoms with Crippen LogP contribution in [-0.2, 0) is 18.4 Å². The van der Waals surface area contributed by atoms with E-state index in [1.54, 1.807) is 4.88 Å². The van der Waals surface area contributed by atoms with Crippen LogP contribution in [0.4, 0.5) is 0 Å². The molecule has 1 aromatic rings. The van der Waals surface area contributed by atoms with Crippen molar-refractivity contribution in [3.8, 4) is 0 Å². The maximum absolute atomic E-state index is 5.09. The first-order valence-corrected chi connectivity index (χ1v) is 9.30. The smallest absolute Gasteiger partial charge is 0.113 e. The van der Waals surface area contributed by atoms with Crippen molar-refractivity contribution >= 4 is 11.3 Å². The van der Waals surface area contributed by atoms with E-state index in [1.807, 2.05) is 11.3 Å². The third-order valence-electron chi connectivity index (χ3n) is 5.81. The molecule has 2 saturated carbocycles. The Balaban J connectivity index is 1.63. The highest BCUT2D eigenvalue weighted by atomic mass is 32.1. The number of hydrogen-bond acceptors (Lipinski definition) is 3. The topological polar surface area (TPSA) is 24.9 Å². The van der Waals surface area contributed by atoms with E-state index in [4.69, 9.17) is 4.98 Å². The van der Waals surface area contributed by atoms with Crippen molar-refractivity contribution in [3.63, 3.8) is 0 Å². The summed E-state index contributed by atoms with van der Waals surface area (Å²) in [5.74, 6) is 2.00. The van der Waals surface area contributed by atoms with Gasteiger partial charge in [-0.05, 0) is 70.3 Å². The van der Waals surface area contributed by atoms with Crippen LogP contribution in [0.2, 0.25) is 0 Å². The summed E-state index contributed by atoms with van der Waals surface area (Å²) in [6, 6.07) is 0. The molecule has 110 valence electrons. The Hall–Kier alpha value is -0.410. The Labute approximate surface area is 126 Å². The van der Waals surface area contributed by atoms with Gasteiger partial charge in [-0.2, -0.15) is 0 Å². The summed E-state index contributed by atoms with van der Waals surface area (Å²) >= 11 is 2.03. The van der Waals surface area contributed by atoms with Crippen LogP contribution >= 0.6 is 11.3 Å². The third kappa shape index (κ3) is 2.23. The van der Waals surface area contributed by atoms with E-state index in [0.29, 0.717) is 0 Å². The van der Waals surface area contributed by atoms with Gasteiger partial charge in [-0.15, -0.1) is 11.3 Å². The fourth-order valence-electron chi connectivity index (χ4n) is 4.37. The summed E-state index contributed by atoms with van der Waals surface area (Å²) < 4.78 is 0. The zero-order valence-electron chi connectivity index (χ0n) is 12.6. The van der Waals surface area contributed by atoms with Gasteiger partial charge in [-0.3, -0.25) is 0 Å². The van der Waals surface area contributed by atoms with Gasteiger partial charge in [0, 0.05) is 4.88 Å². The molecule has 2 fully saturated rings. The number of hydrogen-bond donors (Lipinski definition) is 1. The molecule has 0 saturated heterocycles. The van der Waals surface area contributed by atoms with Crippen molar-refractivity contribution in [1.82, 2.24) is 10.3 Å². The normalized spacial score (nSPS) is 34.0. The van der Waals surface area contributed by atoms with Crippen LogP contribution in [0.5, 0.6) is 0 Å². The molecule has 3 aliphatic rings. The number of thiazole rings is 1. The van der Waals surface area contributed by atoms with Gasteiger partial charge in [0.1, 0.15) is 5.01 Å². The highest BCUT2D eigenvalue weighted by Crippen LogP contribution is 2.50. The molecule has 0 aliphatic heterocycles. The van der Waals surface area contributed by atoms with Gasteiger partial charge in [0.05, 0.1) is 11.2 Å². The van der Waals surface area contributed by atoms with Crippen LogP contribution in [0.15, 0.2) is 0 Å². The summed E-state index contributed by atoms with van der Waals surface area (Å²) in [7, 11) is 2.16. The van der Waals surface area contributed by atoms with Crippen LogP contribution in [0, 0.1) is 11.8 Å². The van der Waals surface area contributed by atoms with E-state index < -0.39 is 0 Å². The Morgan fingerprint density at radius 2 is 1.95 bits per heavy atom. The first-order valence-electron chi connectivity index (χ1n) is 8.49. The summed E-state index contributed by atoms with van der Waals surface area (Å²) in [5, 5.41) is 5.12. The first-order chi connectivity index (χ1) is 9.81. The SMILES string of the molecule is CNC1(c2nc3c(s2)CCCC3)CCCC(C2CC2)C1. The maximum atomic E-state index is 5.09. The maximum Gasteiger partial charge on any atom is 0.113 e. The molecule has 1 aromatic heterocycles. The second-order valence-electron chi connectivity index (χ2n) is 7.12. The van der Waals surface area contributed by atoms with Crippen molar-refractivity contribution in [1.29, 1.82) is 0 Å². The average Bonchev–Trinajstić information content (AvgIpc) is 3.26. The lowest BCUT2D eigenvalue weighted by molar-refractivity contribution is 0.173. The molecule has 2 atom stereocenters. The van der Waals surface area contributed by atoms with Crippen molar-refractivity contribution in [2.75, 3.05) is 7.05 Å². The number of nitrogens with zero attached hydrogens (tertiary/aromatic N) is 1. The largest absolute Gasteiger partial charge is 0.308 e. The molecule has 0 radical (unpaired) electrons. The molecule has 1 heterocycles. The molecule has 0 spiro atoms. The minimum Gasteiger partial charge on any atom is -0.308 e. The van der Waals surface area contributed by atoms with E-state index in [1.165, 1.54) is 74.9 Å². The van der Waals surface area contributed by atoms with E-state index in [9.17, 15) is 0 Å². The molecule has 0 aromatic carbocycles. The molecule has 2 unspecified atom stereocenters. The summed E-state index contributed by atoms with van der Waals surface area (Å²) in [4.78, 5) is 6.68. The highest BCUT2D eigenvalue weighted by Gasteiger charge is 2.44. The Kier molecular flexibility index (Phi) is 3.38. The average molecular weight is 290 g/mol. The molecular formula is C17H26N2S. The zero-order chi connectivity index (χ0) is 13.6. The van der Waals surface area contributed by atoms with Crippen molar-refractivity contribution < 1.29 is 0 Å². The predicted molar refractivity (Wildman–Crippen MR) is 84.2 cm³/mol. The number of aryl methyl sites for hydroxylation is 2.